The Kier molecular flexibility index (Phi) is 4.39. The van der Waals surface area contributed by atoms with Gasteiger partial charge in [0.25, 0.3) is 0 Å². The van der Waals surface area contributed by atoms with Gasteiger partial charge < -0.3 is 4.90 Å². The van der Waals surface area contributed by atoms with Crippen LogP contribution >= 0.6 is 23.1 Å². The first-order chi connectivity index (χ1) is 9.40. The van der Waals surface area contributed by atoms with Crippen LogP contribution in [0.5, 0.6) is 0 Å². The first kappa shape index (κ1) is 14.9. The van der Waals surface area contributed by atoms with E-state index in [-0.39, 0.29) is 12.5 Å². The highest BCUT2D eigenvalue weighted by molar-refractivity contribution is 7.05. The summed E-state index contributed by atoms with van der Waals surface area (Å²) in [5.74, 6) is -0.0277. The molecule has 0 radical (unpaired) electrons. The molecule has 6 nitrogen and oxygen atoms in total. The van der Waals surface area contributed by atoms with E-state index in [2.05, 4.69) is 14.7 Å². The van der Waals surface area contributed by atoms with Crippen LogP contribution in [0.4, 0.5) is 0 Å². The number of aromatic nitrogens is 4. The summed E-state index contributed by atoms with van der Waals surface area (Å²) >= 11 is 7.39. The third kappa shape index (κ3) is 2.99. The van der Waals surface area contributed by atoms with Crippen LogP contribution in [0.2, 0.25) is 5.02 Å². The molecule has 0 aliphatic carbocycles. The number of halogens is 1. The van der Waals surface area contributed by atoms with Gasteiger partial charge in [0.2, 0.25) is 5.91 Å². The molecule has 1 amide bonds. The number of rotatable bonds is 4. The minimum Gasteiger partial charge on any atom is -0.339 e. The predicted octanol–water partition coefficient (Wildman–Crippen LogP) is 1.97. The highest BCUT2D eigenvalue weighted by Crippen LogP contribution is 2.19. The second kappa shape index (κ2) is 5.88. The Bertz CT molecular complexity index is 636. The predicted molar refractivity (Wildman–Crippen MR) is 77.8 cm³/mol. The van der Waals surface area contributed by atoms with Crippen molar-refractivity contribution in [1.29, 1.82) is 0 Å². The lowest BCUT2D eigenvalue weighted by Gasteiger charge is -2.16. The second-order valence-electron chi connectivity index (χ2n) is 4.67. The van der Waals surface area contributed by atoms with Gasteiger partial charge in [0.15, 0.2) is 0 Å². The molecule has 8 heteroatoms. The van der Waals surface area contributed by atoms with Crippen LogP contribution in [-0.4, -0.2) is 37.2 Å². The Balaban J connectivity index is 2.04. The summed E-state index contributed by atoms with van der Waals surface area (Å²) in [5.41, 5.74) is 2.41. The Morgan fingerprint density at radius 1 is 1.35 bits per heavy atom. The van der Waals surface area contributed by atoms with Crippen molar-refractivity contribution in [2.24, 2.45) is 0 Å². The minimum absolute atomic E-state index is 0.0277. The Morgan fingerprint density at radius 3 is 2.55 bits per heavy atom. The highest BCUT2D eigenvalue weighted by Gasteiger charge is 2.16. The standard InChI is InChI=1S/C12H16ClN5OS/c1-7-10(20-16-14-7)5-17(4)11(19)6-18-9(3)12(13)8(2)15-18/h5-6H2,1-4H3. The van der Waals surface area contributed by atoms with Gasteiger partial charge in [-0.05, 0) is 32.3 Å². The van der Waals surface area contributed by atoms with Crippen LogP contribution in [-0.2, 0) is 17.9 Å². The monoisotopic (exact) mass is 313 g/mol. The quantitative estimate of drug-likeness (QED) is 0.865. The van der Waals surface area contributed by atoms with E-state index in [0.717, 1.165) is 22.0 Å². The number of amides is 1. The van der Waals surface area contributed by atoms with E-state index in [1.54, 1.807) is 16.6 Å². The molecule has 0 fully saturated rings. The number of likely N-dealkylation sites (N-methyl/N-ethyl adjacent to an activating group) is 1. The van der Waals surface area contributed by atoms with E-state index in [1.165, 1.54) is 11.5 Å². The molecule has 0 aliphatic heterocycles. The molecule has 0 atom stereocenters. The van der Waals surface area contributed by atoms with Crippen LogP contribution in [0, 0.1) is 20.8 Å². The molecule has 0 bridgehead atoms. The van der Waals surface area contributed by atoms with Crippen LogP contribution in [0.25, 0.3) is 0 Å². The maximum Gasteiger partial charge on any atom is 0.244 e. The fourth-order valence-corrected chi connectivity index (χ4v) is 2.60. The Labute approximate surface area is 126 Å². The molecule has 2 heterocycles. The summed E-state index contributed by atoms with van der Waals surface area (Å²) in [6, 6.07) is 0. The zero-order chi connectivity index (χ0) is 14.9. The number of hydrogen-bond donors (Lipinski definition) is 0. The van der Waals surface area contributed by atoms with Crippen LogP contribution < -0.4 is 0 Å². The van der Waals surface area contributed by atoms with Gasteiger partial charge in [-0.3, -0.25) is 9.48 Å². The van der Waals surface area contributed by atoms with Crippen molar-refractivity contribution >= 4 is 29.0 Å². The first-order valence-electron chi connectivity index (χ1n) is 6.11. The van der Waals surface area contributed by atoms with Gasteiger partial charge in [-0.25, -0.2) is 0 Å². The number of carbonyl (C=O) groups excluding carboxylic acids is 1. The fraction of sp³-hybridized carbons (Fsp3) is 0.500. The Morgan fingerprint density at radius 2 is 2.05 bits per heavy atom. The van der Waals surface area contributed by atoms with Crippen molar-refractivity contribution in [2.75, 3.05) is 7.05 Å². The molecular weight excluding hydrogens is 298 g/mol. The van der Waals surface area contributed by atoms with Crippen molar-refractivity contribution in [2.45, 2.75) is 33.9 Å². The molecule has 0 aliphatic rings. The molecule has 20 heavy (non-hydrogen) atoms. The van der Waals surface area contributed by atoms with Crippen LogP contribution in [0.1, 0.15) is 22.0 Å². The Hall–Kier alpha value is -1.47. The zero-order valence-electron chi connectivity index (χ0n) is 11.8. The van der Waals surface area contributed by atoms with E-state index in [0.29, 0.717) is 11.6 Å². The third-order valence-corrected chi connectivity index (χ3v) is 4.49. The second-order valence-corrected chi connectivity index (χ2v) is 5.89. The van der Waals surface area contributed by atoms with E-state index >= 15 is 0 Å². The molecule has 0 N–H and O–H groups in total. The molecule has 0 spiro atoms. The number of nitrogens with zero attached hydrogens (tertiary/aromatic N) is 5. The minimum atomic E-state index is -0.0277. The number of aryl methyl sites for hydroxylation is 2. The topological polar surface area (TPSA) is 63.9 Å². The normalized spacial score (nSPS) is 10.8. The lowest BCUT2D eigenvalue weighted by Crippen LogP contribution is -2.30. The van der Waals surface area contributed by atoms with Crippen molar-refractivity contribution in [1.82, 2.24) is 24.3 Å². The lowest BCUT2D eigenvalue weighted by atomic mass is 10.3. The maximum atomic E-state index is 12.2. The molecule has 0 aromatic carbocycles. The van der Waals surface area contributed by atoms with Crippen molar-refractivity contribution in [3.8, 4) is 0 Å². The number of hydrogen-bond acceptors (Lipinski definition) is 5. The average Bonchev–Trinajstić information content (AvgIpc) is 2.90. The molecular formula is C12H16ClN5OS. The molecule has 2 rings (SSSR count). The van der Waals surface area contributed by atoms with Gasteiger partial charge in [0, 0.05) is 7.05 Å². The summed E-state index contributed by atoms with van der Waals surface area (Å²) in [7, 11) is 1.76. The summed E-state index contributed by atoms with van der Waals surface area (Å²) in [4.78, 5) is 14.8. The first-order valence-corrected chi connectivity index (χ1v) is 7.26. The molecule has 108 valence electrons. The molecule has 2 aromatic heterocycles. The van der Waals surface area contributed by atoms with Crippen molar-refractivity contribution in [3.63, 3.8) is 0 Å². The molecule has 2 aromatic rings. The maximum absolute atomic E-state index is 12.2. The SMILES string of the molecule is Cc1nnsc1CN(C)C(=O)Cn1nc(C)c(Cl)c1C. The van der Waals surface area contributed by atoms with Crippen molar-refractivity contribution in [3.05, 3.63) is 27.0 Å². The molecule has 0 saturated heterocycles. The zero-order valence-corrected chi connectivity index (χ0v) is 13.4. The third-order valence-electron chi connectivity index (χ3n) is 3.13. The summed E-state index contributed by atoms with van der Waals surface area (Å²) < 4.78 is 5.50. The lowest BCUT2D eigenvalue weighted by molar-refractivity contribution is -0.131. The van der Waals surface area contributed by atoms with Gasteiger partial charge >= 0.3 is 0 Å². The van der Waals surface area contributed by atoms with Gasteiger partial charge in [0.1, 0.15) is 6.54 Å². The van der Waals surface area contributed by atoms with Gasteiger partial charge in [-0.1, -0.05) is 16.1 Å². The van der Waals surface area contributed by atoms with E-state index < -0.39 is 0 Å². The van der Waals surface area contributed by atoms with Crippen LogP contribution in [0.15, 0.2) is 0 Å². The summed E-state index contributed by atoms with van der Waals surface area (Å²) in [6.45, 7) is 6.26. The fourth-order valence-electron chi connectivity index (χ4n) is 1.78. The highest BCUT2D eigenvalue weighted by atomic mass is 35.5. The largest absolute Gasteiger partial charge is 0.339 e. The molecule has 0 unspecified atom stereocenters. The van der Waals surface area contributed by atoms with E-state index in [1.807, 2.05) is 20.8 Å². The number of carbonyl (C=O) groups is 1. The average molecular weight is 314 g/mol. The van der Waals surface area contributed by atoms with Crippen LogP contribution in [0.3, 0.4) is 0 Å². The molecule has 0 saturated carbocycles. The summed E-state index contributed by atoms with van der Waals surface area (Å²) in [5, 5.41) is 8.81. The summed E-state index contributed by atoms with van der Waals surface area (Å²) in [6.07, 6.45) is 0. The van der Waals surface area contributed by atoms with Gasteiger partial charge in [-0.15, -0.1) is 5.10 Å². The van der Waals surface area contributed by atoms with Gasteiger partial charge in [0.05, 0.1) is 33.5 Å². The van der Waals surface area contributed by atoms with E-state index in [9.17, 15) is 4.79 Å². The van der Waals surface area contributed by atoms with Crippen molar-refractivity contribution < 1.29 is 4.79 Å². The van der Waals surface area contributed by atoms with E-state index in [4.69, 9.17) is 11.6 Å². The van der Waals surface area contributed by atoms with Gasteiger partial charge in [-0.2, -0.15) is 5.10 Å². The smallest absolute Gasteiger partial charge is 0.244 e.